The van der Waals surface area contributed by atoms with Crippen molar-refractivity contribution in [3.8, 4) is 0 Å². The molecule has 3 rings (SSSR count). The number of hydrogen-bond donors (Lipinski definition) is 1. The van der Waals surface area contributed by atoms with Crippen molar-refractivity contribution in [1.82, 2.24) is 10.3 Å². The molecule has 1 fully saturated rings. The van der Waals surface area contributed by atoms with Gasteiger partial charge in [-0.25, -0.2) is 4.39 Å². The standard InChI is InChI=1S/C18H24FN3O2/c1-3-4-9-20-17(23)13-6-5-12(2)22(11-13)18-21-15-10-14(19)7-8-16(15)24-18/h7-8,10,12-13H,3-6,9,11H2,1-2H3,(H,20,23). The molecule has 24 heavy (non-hydrogen) atoms. The molecule has 5 nitrogen and oxygen atoms in total. The van der Waals surface area contributed by atoms with Gasteiger partial charge in [-0.05, 0) is 38.3 Å². The minimum absolute atomic E-state index is 0.0650. The molecule has 2 atom stereocenters. The topological polar surface area (TPSA) is 58.4 Å². The minimum Gasteiger partial charge on any atom is -0.423 e. The van der Waals surface area contributed by atoms with Crippen LogP contribution in [0.2, 0.25) is 0 Å². The third-order valence-electron chi connectivity index (χ3n) is 4.67. The molecule has 0 radical (unpaired) electrons. The first-order valence-electron chi connectivity index (χ1n) is 8.69. The zero-order valence-electron chi connectivity index (χ0n) is 14.2. The summed E-state index contributed by atoms with van der Waals surface area (Å²) in [5.74, 6) is -0.297. The molecule has 0 bridgehead atoms. The molecule has 0 aliphatic carbocycles. The van der Waals surface area contributed by atoms with Crippen LogP contribution in [0.5, 0.6) is 0 Å². The van der Waals surface area contributed by atoms with E-state index < -0.39 is 0 Å². The van der Waals surface area contributed by atoms with E-state index in [9.17, 15) is 9.18 Å². The molecule has 2 heterocycles. The maximum Gasteiger partial charge on any atom is 0.298 e. The summed E-state index contributed by atoms with van der Waals surface area (Å²) < 4.78 is 19.1. The number of unbranched alkanes of at least 4 members (excludes halogenated alkanes) is 1. The normalized spacial score (nSPS) is 21.2. The summed E-state index contributed by atoms with van der Waals surface area (Å²) in [7, 11) is 0. The van der Waals surface area contributed by atoms with Crippen LogP contribution in [0.25, 0.3) is 11.1 Å². The summed E-state index contributed by atoms with van der Waals surface area (Å²) in [6.45, 7) is 5.50. The highest BCUT2D eigenvalue weighted by molar-refractivity contribution is 5.80. The lowest BCUT2D eigenvalue weighted by atomic mass is 9.93. The highest BCUT2D eigenvalue weighted by Gasteiger charge is 2.32. The molecule has 130 valence electrons. The van der Waals surface area contributed by atoms with Gasteiger partial charge in [-0.1, -0.05) is 13.3 Å². The molecule has 6 heteroatoms. The van der Waals surface area contributed by atoms with Crippen LogP contribution in [0, 0.1) is 11.7 Å². The van der Waals surface area contributed by atoms with Crippen molar-refractivity contribution in [2.75, 3.05) is 18.0 Å². The zero-order valence-corrected chi connectivity index (χ0v) is 14.2. The number of piperidine rings is 1. The predicted molar refractivity (Wildman–Crippen MR) is 91.4 cm³/mol. The van der Waals surface area contributed by atoms with Gasteiger partial charge in [0.25, 0.3) is 6.01 Å². The Labute approximate surface area is 141 Å². The van der Waals surface area contributed by atoms with Crippen molar-refractivity contribution in [3.05, 3.63) is 24.0 Å². The Bertz CT molecular complexity index is 715. The molecule has 2 unspecified atom stereocenters. The molecule has 1 aromatic heterocycles. The van der Waals surface area contributed by atoms with Gasteiger partial charge >= 0.3 is 0 Å². The second-order valence-electron chi connectivity index (χ2n) is 6.53. The molecule has 1 aliphatic rings. The first-order valence-corrected chi connectivity index (χ1v) is 8.69. The van der Waals surface area contributed by atoms with Crippen LogP contribution in [0.4, 0.5) is 10.4 Å². The average molecular weight is 333 g/mol. The summed E-state index contributed by atoms with van der Waals surface area (Å²) in [5.41, 5.74) is 1.07. The van der Waals surface area contributed by atoms with Gasteiger partial charge in [-0.2, -0.15) is 4.98 Å². The van der Waals surface area contributed by atoms with Gasteiger partial charge in [0, 0.05) is 25.2 Å². The second kappa shape index (κ2) is 7.20. The largest absolute Gasteiger partial charge is 0.423 e. The number of carbonyl (C=O) groups excluding carboxylic acids is 1. The monoisotopic (exact) mass is 333 g/mol. The average Bonchev–Trinajstić information content (AvgIpc) is 2.98. The van der Waals surface area contributed by atoms with Crippen molar-refractivity contribution in [1.29, 1.82) is 0 Å². The van der Waals surface area contributed by atoms with Crippen LogP contribution in [-0.4, -0.2) is 30.0 Å². The third kappa shape index (κ3) is 3.52. The number of amides is 1. The number of nitrogens with one attached hydrogen (secondary N) is 1. The van der Waals surface area contributed by atoms with Crippen LogP contribution in [0.15, 0.2) is 22.6 Å². The molecular formula is C18H24FN3O2. The molecule has 1 aliphatic heterocycles. The maximum atomic E-state index is 13.3. The van der Waals surface area contributed by atoms with Crippen molar-refractivity contribution in [2.24, 2.45) is 5.92 Å². The van der Waals surface area contributed by atoms with Gasteiger partial charge in [0.05, 0.1) is 5.92 Å². The molecular weight excluding hydrogens is 309 g/mol. The molecule has 1 N–H and O–H groups in total. The number of aromatic nitrogens is 1. The summed E-state index contributed by atoms with van der Waals surface area (Å²) in [4.78, 5) is 18.8. The van der Waals surface area contributed by atoms with Gasteiger partial charge < -0.3 is 14.6 Å². The second-order valence-corrected chi connectivity index (χ2v) is 6.53. The Morgan fingerprint density at radius 2 is 2.29 bits per heavy atom. The van der Waals surface area contributed by atoms with Crippen LogP contribution in [0.3, 0.4) is 0 Å². The summed E-state index contributed by atoms with van der Waals surface area (Å²) in [6, 6.07) is 5.02. The summed E-state index contributed by atoms with van der Waals surface area (Å²) in [6.07, 6.45) is 3.83. The Morgan fingerprint density at radius 3 is 3.08 bits per heavy atom. The lowest BCUT2D eigenvalue weighted by Gasteiger charge is -2.36. The fourth-order valence-corrected chi connectivity index (χ4v) is 3.13. The number of fused-ring (bicyclic) bond motifs is 1. The van der Waals surface area contributed by atoms with E-state index in [-0.39, 0.29) is 23.7 Å². The number of rotatable bonds is 5. The van der Waals surface area contributed by atoms with Crippen LogP contribution < -0.4 is 10.2 Å². The molecule has 0 spiro atoms. The van der Waals surface area contributed by atoms with Gasteiger partial charge in [0.2, 0.25) is 5.91 Å². The molecule has 1 aromatic carbocycles. The van der Waals surface area contributed by atoms with E-state index >= 15 is 0 Å². The Kier molecular flexibility index (Phi) is 5.02. The number of hydrogen-bond acceptors (Lipinski definition) is 4. The lowest BCUT2D eigenvalue weighted by molar-refractivity contribution is -0.125. The van der Waals surface area contributed by atoms with Gasteiger partial charge in [-0.3, -0.25) is 4.79 Å². The van der Waals surface area contributed by atoms with Gasteiger partial charge in [0.1, 0.15) is 11.3 Å². The number of carbonyl (C=O) groups is 1. The number of halogens is 1. The van der Waals surface area contributed by atoms with E-state index in [2.05, 4.69) is 24.1 Å². The van der Waals surface area contributed by atoms with Crippen LogP contribution >= 0.6 is 0 Å². The molecule has 1 amide bonds. The van der Waals surface area contributed by atoms with Crippen molar-refractivity contribution in [3.63, 3.8) is 0 Å². The number of oxazole rings is 1. The maximum absolute atomic E-state index is 13.3. The fraction of sp³-hybridized carbons (Fsp3) is 0.556. The first-order chi connectivity index (χ1) is 11.6. The van der Waals surface area contributed by atoms with E-state index in [1.807, 2.05) is 4.90 Å². The van der Waals surface area contributed by atoms with E-state index in [1.54, 1.807) is 6.07 Å². The highest BCUT2D eigenvalue weighted by Crippen LogP contribution is 2.30. The van der Waals surface area contributed by atoms with Crippen molar-refractivity contribution in [2.45, 2.75) is 45.6 Å². The number of benzene rings is 1. The van der Waals surface area contributed by atoms with Gasteiger partial charge in [-0.15, -0.1) is 0 Å². The molecule has 1 saturated heterocycles. The highest BCUT2D eigenvalue weighted by atomic mass is 19.1. The Hall–Kier alpha value is -2.11. The lowest BCUT2D eigenvalue weighted by Crippen LogP contribution is -2.47. The van der Waals surface area contributed by atoms with E-state index in [0.29, 0.717) is 23.7 Å². The van der Waals surface area contributed by atoms with E-state index in [1.165, 1.54) is 12.1 Å². The molecule has 2 aromatic rings. The third-order valence-corrected chi connectivity index (χ3v) is 4.67. The first kappa shape index (κ1) is 16.7. The minimum atomic E-state index is -0.331. The summed E-state index contributed by atoms with van der Waals surface area (Å²) >= 11 is 0. The SMILES string of the molecule is CCCCNC(=O)C1CCC(C)N(c2nc3cc(F)ccc3o2)C1. The Morgan fingerprint density at radius 1 is 1.46 bits per heavy atom. The van der Waals surface area contributed by atoms with E-state index in [0.717, 1.165) is 32.2 Å². The zero-order chi connectivity index (χ0) is 17.1. The number of nitrogens with zero attached hydrogens (tertiary/aromatic N) is 2. The smallest absolute Gasteiger partial charge is 0.298 e. The number of anilines is 1. The molecule has 0 saturated carbocycles. The van der Waals surface area contributed by atoms with Crippen LogP contribution in [-0.2, 0) is 4.79 Å². The van der Waals surface area contributed by atoms with Crippen LogP contribution in [0.1, 0.15) is 39.5 Å². The van der Waals surface area contributed by atoms with Crippen molar-refractivity contribution < 1.29 is 13.6 Å². The van der Waals surface area contributed by atoms with E-state index in [4.69, 9.17) is 4.42 Å². The van der Waals surface area contributed by atoms with Gasteiger partial charge in [0.15, 0.2) is 5.58 Å². The predicted octanol–water partition coefficient (Wildman–Crippen LogP) is 3.49. The Balaban J connectivity index is 1.74. The van der Waals surface area contributed by atoms with Crippen molar-refractivity contribution >= 4 is 23.0 Å². The fourth-order valence-electron chi connectivity index (χ4n) is 3.13. The summed E-state index contributed by atoms with van der Waals surface area (Å²) in [5, 5.41) is 3.01. The quantitative estimate of drug-likeness (QED) is 0.851.